The number of nitrogens with zero attached hydrogens (tertiary/aromatic N) is 1. The molecule has 0 radical (unpaired) electrons. The molecular weight excluding hydrogens is 228 g/mol. The first-order chi connectivity index (χ1) is 8.61. The molecule has 2 rings (SSSR count). The Kier molecular flexibility index (Phi) is 4.62. The minimum absolute atomic E-state index is 0.197. The smallest absolute Gasteiger partial charge is 0.251 e. The number of hydrogen-bond donors (Lipinski definition) is 1. The molecule has 0 spiro atoms. The summed E-state index contributed by atoms with van der Waals surface area (Å²) in [6.07, 6.45) is 6.08. The molecule has 0 aromatic rings. The number of likely N-dealkylation sites (N-methyl/N-ethyl adjacent to an activating group) is 1. The number of ether oxygens (including phenoxy) is 1. The van der Waals surface area contributed by atoms with Crippen LogP contribution in [0.25, 0.3) is 0 Å². The first kappa shape index (κ1) is 13.8. The van der Waals surface area contributed by atoms with E-state index in [2.05, 4.69) is 6.92 Å². The summed E-state index contributed by atoms with van der Waals surface area (Å²) < 4.78 is 5.70. The van der Waals surface area contributed by atoms with Crippen molar-refractivity contribution in [3.05, 3.63) is 0 Å². The van der Waals surface area contributed by atoms with E-state index in [9.17, 15) is 4.79 Å². The van der Waals surface area contributed by atoms with E-state index in [1.165, 1.54) is 0 Å². The number of carbonyl (C=O) groups excluding carboxylic acids is 1. The van der Waals surface area contributed by atoms with Crippen molar-refractivity contribution in [3.8, 4) is 0 Å². The van der Waals surface area contributed by atoms with Crippen LogP contribution in [0.15, 0.2) is 0 Å². The molecule has 1 amide bonds. The molecule has 2 N–H and O–H groups in total. The molecule has 18 heavy (non-hydrogen) atoms. The van der Waals surface area contributed by atoms with Crippen LogP contribution < -0.4 is 5.73 Å². The van der Waals surface area contributed by atoms with E-state index in [-0.39, 0.29) is 18.1 Å². The van der Waals surface area contributed by atoms with Gasteiger partial charge in [-0.15, -0.1) is 0 Å². The van der Waals surface area contributed by atoms with Gasteiger partial charge in [-0.2, -0.15) is 0 Å². The molecule has 0 aromatic heterocycles. The SMILES string of the molecule is CCN(C(=O)C1CCC(C)O1)C1CCC(N)CC1. The largest absolute Gasteiger partial charge is 0.365 e. The van der Waals surface area contributed by atoms with E-state index < -0.39 is 0 Å². The van der Waals surface area contributed by atoms with Crippen molar-refractivity contribution in [1.82, 2.24) is 4.90 Å². The van der Waals surface area contributed by atoms with Crippen molar-refractivity contribution in [2.24, 2.45) is 5.73 Å². The highest BCUT2D eigenvalue weighted by molar-refractivity contribution is 5.81. The number of nitrogens with two attached hydrogens (primary N) is 1. The van der Waals surface area contributed by atoms with Crippen molar-refractivity contribution in [1.29, 1.82) is 0 Å². The second kappa shape index (κ2) is 6.02. The third-order valence-corrected chi connectivity index (χ3v) is 4.31. The summed E-state index contributed by atoms with van der Waals surface area (Å²) in [5, 5.41) is 0. The monoisotopic (exact) mass is 254 g/mol. The molecule has 0 bridgehead atoms. The van der Waals surface area contributed by atoms with Crippen LogP contribution >= 0.6 is 0 Å². The highest BCUT2D eigenvalue weighted by Gasteiger charge is 2.34. The molecule has 4 heteroatoms. The third-order valence-electron chi connectivity index (χ3n) is 4.31. The van der Waals surface area contributed by atoms with Gasteiger partial charge in [-0.1, -0.05) is 0 Å². The van der Waals surface area contributed by atoms with Gasteiger partial charge in [0.1, 0.15) is 6.10 Å². The van der Waals surface area contributed by atoms with E-state index in [0.29, 0.717) is 12.1 Å². The van der Waals surface area contributed by atoms with Crippen LogP contribution in [-0.4, -0.2) is 41.6 Å². The van der Waals surface area contributed by atoms with Gasteiger partial charge in [-0.25, -0.2) is 0 Å². The van der Waals surface area contributed by atoms with Gasteiger partial charge in [0, 0.05) is 18.6 Å². The number of hydrogen-bond acceptors (Lipinski definition) is 3. The fraction of sp³-hybridized carbons (Fsp3) is 0.929. The molecule has 1 saturated carbocycles. The summed E-state index contributed by atoms with van der Waals surface area (Å²) in [4.78, 5) is 14.5. The normalized spacial score (nSPS) is 36.6. The molecule has 2 aliphatic rings. The van der Waals surface area contributed by atoms with E-state index in [1.807, 2.05) is 11.8 Å². The highest BCUT2D eigenvalue weighted by Crippen LogP contribution is 2.26. The number of carbonyl (C=O) groups is 1. The Morgan fingerprint density at radius 1 is 1.22 bits per heavy atom. The van der Waals surface area contributed by atoms with Gasteiger partial charge in [0.25, 0.3) is 5.91 Å². The van der Waals surface area contributed by atoms with Crippen LogP contribution in [0.3, 0.4) is 0 Å². The lowest BCUT2D eigenvalue weighted by atomic mass is 9.90. The van der Waals surface area contributed by atoms with E-state index in [4.69, 9.17) is 10.5 Å². The Hall–Kier alpha value is -0.610. The minimum Gasteiger partial charge on any atom is -0.365 e. The van der Waals surface area contributed by atoms with Crippen LogP contribution in [0.1, 0.15) is 52.4 Å². The zero-order valence-electron chi connectivity index (χ0n) is 11.6. The molecule has 4 nitrogen and oxygen atoms in total. The van der Waals surface area contributed by atoms with Crippen LogP contribution in [-0.2, 0) is 9.53 Å². The lowest BCUT2D eigenvalue weighted by Gasteiger charge is -2.36. The van der Waals surface area contributed by atoms with Crippen LogP contribution in [0.2, 0.25) is 0 Å². The van der Waals surface area contributed by atoms with Crippen molar-refractivity contribution in [2.75, 3.05) is 6.54 Å². The number of amides is 1. The standard InChI is InChI=1S/C14H26N2O2/c1-3-16(12-7-5-11(15)6-8-12)14(17)13-9-4-10(2)18-13/h10-13H,3-9,15H2,1-2H3. The van der Waals surface area contributed by atoms with E-state index in [0.717, 1.165) is 45.1 Å². The average Bonchev–Trinajstić information content (AvgIpc) is 2.79. The zero-order valence-corrected chi connectivity index (χ0v) is 11.6. The fourth-order valence-corrected chi connectivity index (χ4v) is 3.18. The second-order valence-electron chi connectivity index (χ2n) is 5.71. The molecule has 1 aliphatic carbocycles. The quantitative estimate of drug-likeness (QED) is 0.833. The predicted octanol–water partition coefficient (Wildman–Crippen LogP) is 1.67. The molecule has 2 atom stereocenters. The highest BCUT2D eigenvalue weighted by atomic mass is 16.5. The first-order valence-electron chi connectivity index (χ1n) is 7.33. The third kappa shape index (κ3) is 3.04. The van der Waals surface area contributed by atoms with Crippen molar-refractivity contribution in [2.45, 2.75) is 76.7 Å². The summed E-state index contributed by atoms with van der Waals surface area (Å²) in [6, 6.07) is 0.708. The molecule has 0 aromatic carbocycles. The van der Waals surface area contributed by atoms with Gasteiger partial charge in [-0.3, -0.25) is 4.79 Å². The van der Waals surface area contributed by atoms with Gasteiger partial charge in [0.2, 0.25) is 0 Å². The Morgan fingerprint density at radius 2 is 1.89 bits per heavy atom. The molecule has 2 unspecified atom stereocenters. The summed E-state index contributed by atoms with van der Waals surface area (Å²) in [5.74, 6) is 0.197. The average molecular weight is 254 g/mol. The molecular formula is C14H26N2O2. The van der Waals surface area contributed by atoms with Crippen molar-refractivity contribution in [3.63, 3.8) is 0 Å². The van der Waals surface area contributed by atoms with Gasteiger partial charge in [0.05, 0.1) is 6.10 Å². The van der Waals surface area contributed by atoms with Gasteiger partial charge in [-0.05, 0) is 52.4 Å². The van der Waals surface area contributed by atoms with Gasteiger partial charge >= 0.3 is 0 Å². The lowest BCUT2D eigenvalue weighted by molar-refractivity contribution is -0.145. The predicted molar refractivity (Wildman–Crippen MR) is 71.2 cm³/mol. The Bertz CT molecular complexity index is 288. The Balaban J connectivity index is 1.93. The Morgan fingerprint density at radius 3 is 2.39 bits per heavy atom. The van der Waals surface area contributed by atoms with Gasteiger partial charge in [0.15, 0.2) is 0 Å². The van der Waals surface area contributed by atoms with E-state index >= 15 is 0 Å². The zero-order chi connectivity index (χ0) is 13.1. The lowest BCUT2D eigenvalue weighted by Crippen LogP contribution is -2.48. The maximum absolute atomic E-state index is 12.5. The topological polar surface area (TPSA) is 55.6 Å². The maximum Gasteiger partial charge on any atom is 0.251 e. The van der Waals surface area contributed by atoms with Crippen LogP contribution in [0.5, 0.6) is 0 Å². The van der Waals surface area contributed by atoms with Crippen molar-refractivity contribution < 1.29 is 9.53 Å². The molecule has 1 aliphatic heterocycles. The second-order valence-corrected chi connectivity index (χ2v) is 5.71. The summed E-state index contributed by atoms with van der Waals surface area (Å²) in [5.41, 5.74) is 5.93. The summed E-state index contributed by atoms with van der Waals surface area (Å²) >= 11 is 0. The first-order valence-corrected chi connectivity index (χ1v) is 7.33. The van der Waals surface area contributed by atoms with Gasteiger partial charge < -0.3 is 15.4 Å². The maximum atomic E-state index is 12.5. The summed E-state index contributed by atoms with van der Waals surface area (Å²) in [6.45, 7) is 4.89. The molecule has 1 heterocycles. The van der Waals surface area contributed by atoms with Crippen molar-refractivity contribution >= 4 is 5.91 Å². The minimum atomic E-state index is -0.199. The molecule has 1 saturated heterocycles. The Labute approximate surface area is 110 Å². The summed E-state index contributed by atoms with van der Waals surface area (Å²) in [7, 11) is 0. The van der Waals surface area contributed by atoms with Crippen LogP contribution in [0.4, 0.5) is 0 Å². The molecule has 2 fully saturated rings. The molecule has 104 valence electrons. The van der Waals surface area contributed by atoms with E-state index in [1.54, 1.807) is 0 Å². The fourth-order valence-electron chi connectivity index (χ4n) is 3.18. The number of rotatable bonds is 3. The van der Waals surface area contributed by atoms with Crippen LogP contribution in [0, 0.1) is 0 Å².